The first-order chi connectivity index (χ1) is 12.1. The molecular weight excluding hydrogens is 340 g/mol. The second-order valence-electron chi connectivity index (χ2n) is 6.01. The fourth-order valence-corrected chi connectivity index (χ4v) is 3.35. The van der Waals surface area contributed by atoms with Crippen LogP contribution in [0.25, 0.3) is 11.3 Å². The van der Waals surface area contributed by atoms with Crippen LogP contribution in [-0.4, -0.2) is 26.8 Å². The fraction of sp³-hybridized carbons (Fsp3) is 0.294. The van der Waals surface area contributed by atoms with Crippen LogP contribution in [-0.2, 0) is 13.0 Å². The number of nitrogens with one attached hydrogen (secondary N) is 1. The van der Waals surface area contributed by atoms with Gasteiger partial charge in [-0.25, -0.2) is 0 Å². The van der Waals surface area contributed by atoms with Crippen molar-refractivity contribution in [3.63, 3.8) is 0 Å². The van der Waals surface area contributed by atoms with E-state index in [1.807, 2.05) is 18.2 Å². The van der Waals surface area contributed by atoms with Crippen molar-refractivity contribution in [2.45, 2.75) is 32.9 Å². The third-order valence-electron chi connectivity index (χ3n) is 4.03. The first-order valence-electron chi connectivity index (χ1n) is 7.93. The lowest BCUT2D eigenvalue weighted by Crippen LogP contribution is -2.22. The third-order valence-corrected chi connectivity index (χ3v) is 4.86. The van der Waals surface area contributed by atoms with Gasteiger partial charge in [-0.05, 0) is 37.0 Å². The van der Waals surface area contributed by atoms with Crippen LogP contribution >= 0.6 is 11.5 Å². The first kappa shape index (κ1) is 15.8. The summed E-state index contributed by atoms with van der Waals surface area (Å²) in [5.41, 5.74) is 3.38. The van der Waals surface area contributed by atoms with E-state index in [4.69, 9.17) is 9.26 Å². The van der Waals surface area contributed by atoms with Crippen molar-refractivity contribution in [1.29, 1.82) is 0 Å². The van der Waals surface area contributed by atoms with Gasteiger partial charge in [0.05, 0.1) is 12.2 Å². The van der Waals surface area contributed by atoms with E-state index in [0.29, 0.717) is 22.0 Å². The van der Waals surface area contributed by atoms with Crippen LogP contribution in [0.15, 0.2) is 28.8 Å². The maximum absolute atomic E-state index is 12.1. The molecule has 1 aromatic carbocycles. The molecule has 0 fully saturated rings. The zero-order valence-corrected chi connectivity index (χ0v) is 14.6. The van der Waals surface area contributed by atoms with Gasteiger partial charge in [0, 0.05) is 18.1 Å². The van der Waals surface area contributed by atoms with Crippen molar-refractivity contribution in [2.24, 2.45) is 0 Å². The smallest absolute Gasteiger partial charge is 0.265 e. The van der Waals surface area contributed by atoms with E-state index < -0.39 is 0 Å². The number of aryl methyl sites for hydroxylation is 1. The van der Waals surface area contributed by atoms with Gasteiger partial charge in [0.15, 0.2) is 5.76 Å². The number of rotatable bonds is 4. The number of benzene rings is 1. The van der Waals surface area contributed by atoms with Crippen molar-refractivity contribution in [2.75, 3.05) is 0 Å². The monoisotopic (exact) mass is 356 g/mol. The van der Waals surface area contributed by atoms with Crippen molar-refractivity contribution < 1.29 is 14.1 Å². The highest BCUT2D eigenvalue weighted by atomic mass is 32.1. The summed E-state index contributed by atoms with van der Waals surface area (Å²) < 4.78 is 14.9. The summed E-state index contributed by atoms with van der Waals surface area (Å²) >= 11 is 1.08. The van der Waals surface area contributed by atoms with Gasteiger partial charge in [-0.2, -0.15) is 0 Å². The topological polar surface area (TPSA) is 90.1 Å². The zero-order chi connectivity index (χ0) is 17.4. The molecule has 1 amide bonds. The van der Waals surface area contributed by atoms with E-state index in [1.54, 1.807) is 6.92 Å². The molecule has 25 heavy (non-hydrogen) atoms. The van der Waals surface area contributed by atoms with E-state index in [9.17, 15) is 4.79 Å². The molecular formula is C17H16N4O3S. The quantitative estimate of drug-likeness (QED) is 0.773. The van der Waals surface area contributed by atoms with Gasteiger partial charge in [0.25, 0.3) is 5.91 Å². The van der Waals surface area contributed by atoms with Gasteiger partial charge in [-0.1, -0.05) is 21.8 Å². The highest BCUT2D eigenvalue weighted by Crippen LogP contribution is 2.33. The summed E-state index contributed by atoms with van der Waals surface area (Å²) in [5, 5.41) is 10.6. The van der Waals surface area contributed by atoms with Crippen LogP contribution in [0.3, 0.4) is 0 Å². The summed E-state index contributed by atoms with van der Waals surface area (Å²) in [4.78, 5) is 12.6. The molecule has 3 heterocycles. The normalized spacial score (nSPS) is 15.7. The average molecular weight is 356 g/mol. The number of carbonyl (C=O) groups excluding carboxylic acids is 1. The number of amides is 1. The SMILES string of the molecule is Cc1nnsc1C(=O)NCc1cc(-c2ccc3c(c2)O[C@@H](C)C3)on1. The molecule has 0 saturated heterocycles. The number of nitrogens with zero attached hydrogens (tertiary/aromatic N) is 3. The minimum absolute atomic E-state index is 0.204. The number of hydrogen-bond acceptors (Lipinski definition) is 7. The molecule has 3 aromatic rings. The fourth-order valence-electron chi connectivity index (χ4n) is 2.78. The van der Waals surface area contributed by atoms with E-state index in [-0.39, 0.29) is 18.6 Å². The molecule has 4 rings (SSSR count). The van der Waals surface area contributed by atoms with Crippen LogP contribution in [0, 0.1) is 6.92 Å². The molecule has 2 aromatic heterocycles. The summed E-state index contributed by atoms with van der Waals surface area (Å²) in [6, 6.07) is 7.83. The number of carbonyl (C=O) groups is 1. The second-order valence-corrected chi connectivity index (χ2v) is 6.76. The van der Waals surface area contributed by atoms with Crippen LogP contribution in [0.2, 0.25) is 0 Å². The maximum atomic E-state index is 12.1. The highest BCUT2D eigenvalue weighted by molar-refractivity contribution is 7.07. The largest absolute Gasteiger partial charge is 0.490 e. The minimum Gasteiger partial charge on any atom is -0.490 e. The zero-order valence-electron chi connectivity index (χ0n) is 13.8. The Morgan fingerprint density at radius 3 is 3.08 bits per heavy atom. The Morgan fingerprint density at radius 1 is 1.40 bits per heavy atom. The van der Waals surface area contributed by atoms with Gasteiger partial charge in [-0.15, -0.1) is 5.10 Å². The second kappa shape index (κ2) is 6.29. The van der Waals surface area contributed by atoms with E-state index >= 15 is 0 Å². The van der Waals surface area contributed by atoms with Crippen molar-refractivity contribution >= 4 is 17.4 Å². The molecule has 0 saturated carbocycles. The highest BCUT2D eigenvalue weighted by Gasteiger charge is 2.20. The summed E-state index contributed by atoms with van der Waals surface area (Å²) in [7, 11) is 0. The number of hydrogen-bond donors (Lipinski definition) is 1. The average Bonchev–Trinajstić information content (AvgIpc) is 3.30. The Balaban J connectivity index is 1.45. The minimum atomic E-state index is -0.211. The van der Waals surface area contributed by atoms with Crippen LogP contribution in [0.5, 0.6) is 5.75 Å². The van der Waals surface area contributed by atoms with Crippen LogP contribution < -0.4 is 10.1 Å². The molecule has 1 atom stereocenters. The lowest BCUT2D eigenvalue weighted by atomic mass is 10.1. The molecule has 1 aliphatic rings. The Bertz CT molecular complexity index is 934. The summed E-state index contributed by atoms with van der Waals surface area (Å²) in [5.74, 6) is 1.33. The Labute approximate surface area is 148 Å². The number of aromatic nitrogens is 3. The maximum Gasteiger partial charge on any atom is 0.265 e. The van der Waals surface area contributed by atoms with Crippen molar-refractivity contribution in [3.8, 4) is 17.1 Å². The predicted octanol–water partition coefficient (Wildman–Crippen LogP) is 2.75. The van der Waals surface area contributed by atoms with Crippen LogP contribution in [0.4, 0.5) is 0 Å². The summed E-state index contributed by atoms with van der Waals surface area (Å²) in [6.07, 6.45) is 1.13. The van der Waals surface area contributed by atoms with E-state index in [0.717, 1.165) is 29.3 Å². The van der Waals surface area contributed by atoms with E-state index in [2.05, 4.69) is 33.1 Å². The lowest BCUT2D eigenvalue weighted by molar-refractivity contribution is 0.0953. The van der Waals surface area contributed by atoms with Crippen molar-refractivity contribution in [1.82, 2.24) is 20.1 Å². The predicted molar refractivity (Wildman–Crippen MR) is 91.5 cm³/mol. The Kier molecular flexibility index (Phi) is 3.96. The third kappa shape index (κ3) is 3.12. The molecule has 0 aliphatic carbocycles. The van der Waals surface area contributed by atoms with Gasteiger partial charge in [0.1, 0.15) is 22.4 Å². The van der Waals surface area contributed by atoms with Crippen LogP contribution in [0.1, 0.15) is 33.5 Å². The van der Waals surface area contributed by atoms with Gasteiger partial charge in [-0.3, -0.25) is 4.79 Å². The molecule has 1 aliphatic heterocycles. The molecule has 0 spiro atoms. The standard InChI is InChI=1S/C17H16N4O3S/c1-9-5-11-3-4-12(6-14(11)23-9)15-7-13(20-24-15)8-18-17(22)16-10(2)19-21-25-16/h3-4,6-7,9H,5,8H2,1-2H3,(H,18,22)/t9-/m0/s1. The Hall–Kier alpha value is -2.74. The molecule has 128 valence electrons. The molecule has 0 bridgehead atoms. The molecule has 7 nitrogen and oxygen atoms in total. The number of fused-ring (bicyclic) bond motifs is 1. The van der Waals surface area contributed by atoms with Crippen molar-refractivity contribution in [3.05, 3.63) is 46.1 Å². The molecule has 0 unspecified atom stereocenters. The Morgan fingerprint density at radius 2 is 2.28 bits per heavy atom. The lowest BCUT2D eigenvalue weighted by Gasteiger charge is -2.03. The van der Waals surface area contributed by atoms with Gasteiger partial charge in [0.2, 0.25) is 0 Å². The molecule has 8 heteroatoms. The van der Waals surface area contributed by atoms with Gasteiger partial charge < -0.3 is 14.6 Å². The molecule has 0 radical (unpaired) electrons. The summed E-state index contributed by atoms with van der Waals surface area (Å²) in [6.45, 7) is 4.08. The number of ether oxygens (including phenoxy) is 1. The first-order valence-corrected chi connectivity index (χ1v) is 8.70. The van der Waals surface area contributed by atoms with Gasteiger partial charge >= 0.3 is 0 Å². The molecule has 1 N–H and O–H groups in total. The van der Waals surface area contributed by atoms with E-state index in [1.165, 1.54) is 5.56 Å².